The van der Waals surface area contributed by atoms with Crippen molar-refractivity contribution in [1.29, 1.82) is 0 Å². The van der Waals surface area contributed by atoms with Gasteiger partial charge in [-0.05, 0) is 49.6 Å². The monoisotopic (exact) mass is 467 g/mol. The quantitative estimate of drug-likeness (QED) is 0.257. The molecule has 2 rings (SSSR count). The first-order valence-electron chi connectivity index (χ1n) is 9.36. The van der Waals surface area contributed by atoms with Crippen LogP contribution in [-0.2, 0) is 30.8 Å². The van der Waals surface area contributed by atoms with E-state index in [1.807, 2.05) is 4.72 Å². The average Bonchev–Trinajstić information content (AvgIpc) is 2.69. The van der Waals surface area contributed by atoms with Crippen LogP contribution in [-0.4, -0.2) is 37.4 Å². The van der Waals surface area contributed by atoms with Crippen molar-refractivity contribution in [2.24, 2.45) is 5.73 Å². The summed E-state index contributed by atoms with van der Waals surface area (Å²) in [7, 11) is -4.48. The largest absolute Gasteiger partial charge is 0.391 e. The average molecular weight is 467 g/mol. The molecule has 10 nitrogen and oxygen atoms in total. The van der Waals surface area contributed by atoms with Crippen molar-refractivity contribution in [2.75, 3.05) is 0 Å². The molecule has 0 radical (unpaired) electrons. The molecule has 0 bridgehead atoms. The van der Waals surface area contributed by atoms with Gasteiger partial charge in [-0.25, -0.2) is 22.4 Å². The number of rotatable bonds is 8. The molecule has 32 heavy (non-hydrogen) atoms. The van der Waals surface area contributed by atoms with Crippen LogP contribution in [0.15, 0.2) is 41.3 Å². The zero-order valence-electron chi connectivity index (χ0n) is 17.5. The highest BCUT2D eigenvalue weighted by Gasteiger charge is 2.31. The predicted molar refractivity (Wildman–Crippen MR) is 112 cm³/mol. The molecule has 0 amide bonds. The van der Waals surface area contributed by atoms with Crippen LogP contribution >= 0.6 is 0 Å². The van der Waals surface area contributed by atoms with Gasteiger partial charge in [0.25, 0.3) is 5.69 Å². The fourth-order valence-electron chi connectivity index (χ4n) is 2.95. The predicted octanol–water partition coefficient (Wildman–Crippen LogP) is 1.66. The van der Waals surface area contributed by atoms with Gasteiger partial charge in [0.1, 0.15) is 17.9 Å². The number of carbonyl (C=O) groups is 2. The first-order valence-corrected chi connectivity index (χ1v) is 10.8. The number of aryl methyl sites for hydroxylation is 2. The van der Waals surface area contributed by atoms with Crippen LogP contribution < -0.4 is 10.5 Å². The Morgan fingerprint density at radius 1 is 1.22 bits per heavy atom. The van der Waals surface area contributed by atoms with Crippen molar-refractivity contribution in [3.05, 3.63) is 69.0 Å². The number of halogens is 1. The molecule has 0 spiro atoms. The van der Waals surface area contributed by atoms with E-state index < -0.39 is 55.4 Å². The molecule has 0 aromatic heterocycles. The van der Waals surface area contributed by atoms with Gasteiger partial charge in [0, 0.05) is 12.5 Å². The van der Waals surface area contributed by atoms with E-state index in [1.165, 1.54) is 18.2 Å². The lowest BCUT2D eigenvalue weighted by Crippen LogP contribution is -2.43. The van der Waals surface area contributed by atoms with Gasteiger partial charge in [0.2, 0.25) is 10.0 Å². The van der Waals surface area contributed by atoms with Crippen molar-refractivity contribution in [3.8, 4) is 0 Å². The number of sulfonamides is 1. The second kappa shape index (κ2) is 9.94. The minimum Gasteiger partial charge on any atom is -0.391 e. The van der Waals surface area contributed by atoms with Crippen LogP contribution in [0.3, 0.4) is 0 Å². The molecule has 0 aliphatic carbocycles. The molecule has 0 aliphatic rings. The van der Waals surface area contributed by atoms with Gasteiger partial charge in [0.15, 0.2) is 4.90 Å². The van der Waals surface area contributed by atoms with Crippen LogP contribution in [0.25, 0.3) is 0 Å². The van der Waals surface area contributed by atoms with Crippen molar-refractivity contribution in [1.82, 2.24) is 4.72 Å². The van der Waals surface area contributed by atoms with E-state index >= 15 is 0 Å². The van der Waals surface area contributed by atoms with Crippen molar-refractivity contribution in [3.63, 3.8) is 0 Å². The number of hydrogen-bond donors (Lipinski definition) is 2. The van der Waals surface area contributed by atoms with Crippen LogP contribution in [0.4, 0.5) is 10.1 Å². The van der Waals surface area contributed by atoms with E-state index in [9.17, 15) is 32.5 Å². The van der Waals surface area contributed by atoms with E-state index in [0.717, 1.165) is 19.1 Å². The van der Waals surface area contributed by atoms with E-state index in [0.29, 0.717) is 11.1 Å². The summed E-state index contributed by atoms with van der Waals surface area (Å²) in [6, 6.07) is 4.60. The van der Waals surface area contributed by atoms with Crippen molar-refractivity contribution >= 4 is 27.6 Å². The number of para-hydroxylation sites is 1. The number of hydrogen-bond acceptors (Lipinski definition) is 8. The number of nitro benzene ring substituents is 1. The smallest absolute Gasteiger partial charge is 0.331 e. The molecule has 2 aromatic carbocycles. The Labute approximate surface area is 183 Å². The Morgan fingerprint density at radius 3 is 2.44 bits per heavy atom. The van der Waals surface area contributed by atoms with E-state index in [2.05, 4.69) is 4.74 Å². The highest BCUT2D eigenvalue weighted by Crippen LogP contribution is 2.23. The molecule has 2 aromatic rings. The molecule has 12 heteroatoms. The van der Waals surface area contributed by atoms with Crippen molar-refractivity contribution in [2.45, 2.75) is 44.2 Å². The van der Waals surface area contributed by atoms with E-state index in [-0.39, 0.29) is 12.0 Å². The maximum atomic E-state index is 14.2. The second-order valence-corrected chi connectivity index (χ2v) is 8.84. The molecule has 0 fully saturated rings. The zero-order chi connectivity index (χ0) is 24.2. The first-order chi connectivity index (χ1) is 14.8. The fourth-order valence-corrected chi connectivity index (χ4v) is 4.31. The maximum Gasteiger partial charge on any atom is 0.331 e. The third-order valence-corrected chi connectivity index (χ3v) is 6.12. The molecule has 0 saturated carbocycles. The van der Waals surface area contributed by atoms with E-state index in [4.69, 9.17) is 5.73 Å². The molecule has 0 heterocycles. The highest BCUT2D eigenvalue weighted by atomic mass is 32.2. The summed E-state index contributed by atoms with van der Waals surface area (Å²) in [5.74, 6) is -3.00. The topological polar surface area (TPSA) is 159 Å². The van der Waals surface area contributed by atoms with Crippen LogP contribution in [0.5, 0.6) is 0 Å². The van der Waals surface area contributed by atoms with Gasteiger partial charge < -0.3 is 10.5 Å². The minimum absolute atomic E-state index is 0.192. The number of nitrogens with two attached hydrogens (primary N) is 1. The molecule has 2 atom stereocenters. The third-order valence-electron chi connectivity index (χ3n) is 4.53. The van der Waals surface area contributed by atoms with Gasteiger partial charge >= 0.3 is 11.9 Å². The van der Waals surface area contributed by atoms with Crippen molar-refractivity contribution < 1.29 is 32.1 Å². The van der Waals surface area contributed by atoms with Crippen LogP contribution in [0.1, 0.15) is 23.6 Å². The summed E-state index contributed by atoms with van der Waals surface area (Å²) >= 11 is 0. The van der Waals surface area contributed by atoms with Gasteiger partial charge in [-0.2, -0.15) is 4.72 Å². The summed E-state index contributed by atoms with van der Waals surface area (Å²) in [5, 5.41) is 11.1. The summed E-state index contributed by atoms with van der Waals surface area (Å²) < 4.78 is 45.6. The van der Waals surface area contributed by atoms with Gasteiger partial charge in [-0.1, -0.05) is 18.2 Å². The van der Waals surface area contributed by atoms with E-state index in [1.54, 1.807) is 19.9 Å². The minimum atomic E-state index is -4.48. The lowest BCUT2D eigenvalue weighted by atomic mass is 9.99. The molecule has 0 aliphatic heterocycles. The summed E-state index contributed by atoms with van der Waals surface area (Å²) in [6.45, 7) is 4.45. The van der Waals surface area contributed by atoms with Gasteiger partial charge in [0.05, 0.1) is 4.92 Å². The molecular weight excluding hydrogens is 445 g/mol. The summed E-state index contributed by atoms with van der Waals surface area (Å²) in [4.78, 5) is 33.9. The number of nitro groups is 1. The maximum absolute atomic E-state index is 14.2. The Balaban J connectivity index is 2.07. The Hall–Kier alpha value is -3.22. The Morgan fingerprint density at radius 2 is 1.84 bits per heavy atom. The first kappa shape index (κ1) is 25.0. The lowest BCUT2D eigenvalue weighted by molar-refractivity contribution is -0.387. The Bertz CT molecular complexity index is 1140. The van der Waals surface area contributed by atoms with Crippen LogP contribution in [0.2, 0.25) is 0 Å². The normalized spacial score (nSPS) is 13.3. The van der Waals surface area contributed by atoms with Gasteiger partial charge in [-0.15, -0.1) is 0 Å². The molecule has 172 valence electrons. The molecule has 3 N–H and O–H groups in total. The SMILES string of the molecule is Cc1cc(C)c(C[C@H](N)C(=O)OC(=O)[C@H](C)NS(=O)(=O)c2ccccc2[N+](=O)[O-])c(F)c1. The van der Waals surface area contributed by atoms with Gasteiger partial charge in [-0.3, -0.25) is 10.1 Å². The number of ether oxygens (including phenoxy) is 1. The number of esters is 2. The lowest BCUT2D eigenvalue weighted by Gasteiger charge is -2.16. The fraction of sp³-hybridized carbons (Fsp3) is 0.300. The molecule has 0 saturated heterocycles. The molecular formula is C20H22FN3O7S. The number of nitrogens with zero attached hydrogens (tertiary/aromatic N) is 1. The third kappa shape index (κ3) is 5.93. The standard InChI is InChI=1S/C20H22FN3O7S/c1-11-8-12(2)14(15(21)9-11)10-16(22)20(26)31-19(25)13(3)23-32(29,30)18-7-5-4-6-17(18)24(27)28/h4-9,13,16,23H,10,22H2,1-3H3/t13-,16-/m0/s1. The number of benzene rings is 2. The highest BCUT2D eigenvalue weighted by molar-refractivity contribution is 7.89. The summed E-state index contributed by atoms with van der Waals surface area (Å²) in [6.07, 6.45) is -0.236. The molecule has 0 unspecified atom stereocenters. The second-order valence-electron chi connectivity index (χ2n) is 7.16. The number of carbonyl (C=O) groups excluding carboxylic acids is 2. The zero-order valence-corrected chi connectivity index (χ0v) is 18.3. The summed E-state index contributed by atoms with van der Waals surface area (Å²) in [5.41, 5.74) is 6.51. The number of nitrogens with one attached hydrogen (secondary N) is 1. The van der Waals surface area contributed by atoms with Crippen LogP contribution in [0, 0.1) is 29.8 Å². The Kier molecular flexibility index (Phi) is 7.78.